The molecule has 1 fully saturated rings. The lowest BCUT2D eigenvalue weighted by Gasteiger charge is -2.45. The van der Waals surface area contributed by atoms with Gasteiger partial charge >= 0.3 is 17.6 Å². The van der Waals surface area contributed by atoms with Crippen molar-refractivity contribution in [3.05, 3.63) is 193 Å². The highest BCUT2D eigenvalue weighted by Gasteiger charge is 2.53. The Morgan fingerprint density at radius 3 is 2.24 bits per heavy atom. The zero-order valence-electron chi connectivity index (χ0n) is 39.3. The van der Waals surface area contributed by atoms with E-state index >= 15 is 4.79 Å². The maximum absolute atomic E-state index is 15.1. The Bertz CT molecular complexity index is 2790. The minimum Gasteiger partial charge on any atom is -0.483 e. The molecule has 0 radical (unpaired) electrons. The molecule has 4 heterocycles. The van der Waals surface area contributed by atoms with Crippen LogP contribution in [-0.2, 0) is 49.5 Å². The molecule has 0 saturated heterocycles. The third kappa shape index (κ3) is 10.4. The number of carbonyl (C=O) groups is 2. The Morgan fingerprint density at radius 2 is 1.49 bits per heavy atom. The van der Waals surface area contributed by atoms with Crippen molar-refractivity contribution in [2.75, 3.05) is 13.7 Å². The highest BCUT2D eigenvalue weighted by molar-refractivity contribution is 5.90. The number of methoxy groups -OCH3 is 1. The summed E-state index contributed by atoms with van der Waals surface area (Å²) >= 11 is 0. The van der Waals surface area contributed by atoms with Gasteiger partial charge in [-0.05, 0) is 148 Å². The van der Waals surface area contributed by atoms with Crippen LogP contribution in [0.1, 0.15) is 128 Å². The first-order valence-electron chi connectivity index (χ1n) is 24.1. The zero-order valence-corrected chi connectivity index (χ0v) is 39.3. The normalized spacial score (nSPS) is 23.0. The number of fused-ring (bicyclic) bond motifs is 11. The standard InChI is InChI=1S/C59H62O8/c1-38(2)49-27-22-40-20-23-43(24-21-40)50-28-25-45(44-19-11-17-42(34-44)33-41-15-9-6-10-16-41)35-48(50)37-52(60)64-55-53-51(29-26-46-36-47(30-32-63-4)57(61)65-54(46)53)67-59(3,56(55)66-58(49)62)31-12-18-39-13-7-5-8-14-39/h5-11,13-17,19-21,23-24,26,29,34,36,45,48,50,55-56H,12,18,22,25,27-28,30-33,35,37H2,1-4H3. The van der Waals surface area contributed by atoms with Crippen molar-refractivity contribution in [1.29, 1.82) is 0 Å². The summed E-state index contributed by atoms with van der Waals surface area (Å²) in [5.41, 5.74) is 8.24. The maximum Gasteiger partial charge on any atom is 0.339 e. The zero-order chi connectivity index (χ0) is 46.5. The van der Waals surface area contributed by atoms with Crippen molar-refractivity contribution >= 4 is 22.9 Å². The molecule has 8 nitrogen and oxygen atoms in total. The molecular formula is C59H62O8. The van der Waals surface area contributed by atoms with Crippen LogP contribution in [0, 0.1) is 5.92 Å². The first kappa shape index (κ1) is 45.9. The number of carbonyl (C=O) groups excluding carboxylic acids is 2. The van der Waals surface area contributed by atoms with Gasteiger partial charge in [0.05, 0.1) is 12.2 Å². The van der Waals surface area contributed by atoms with E-state index in [-0.39, 0.29) is 29.8 Å². The summed E-state index contributed by atoms with van der Waals surface area (Å²) in [5, 5.41) is 0.645. The maximum atomic E-state index is 15.1. The van der Waals surface area contributed by atoms with Crippen molar-refractivity contribution in [3.8, 4) is 5.75 Å². The van der Waals surface area contributed by atoms with Crippen LogP contribution in [0.15, 0.2) is 148 Å². The number of allylic oxidation sites excluding steroid dienone is 1. The lowest BCUT2D eigenvalue weighted by atomic mass is 9.68. The molecule has 0 amide bonds. The van der Waals surface area contributed by atoms with Gasteiger partial charge in [0.2, 0.25) is 0 Å². The lowest BCUT2D eigenvalue weighted by molar-refractivity contribution is -0.192. The van der Waals surface area contributed by atoms with Crippen LogP contribution in [0.3, 0.4) is 0 Å². The van der Waals surface area contributed by atoms with Crippen molar-refractivity contribution in [1.82, 2.24) is 0 Å². The second-order valence-electron chi connectivity index (χ2n) is 19.4. The highest BCUT2D eigenvalue weighted by atomic mass is 16.6. The summed E-state index contributed by atoms with van der Waals surface area (Å²) in [7, 11) is 1.59. The molecule has 6 unspecified atom stereocenters. The van der Waals surface area contributed by atoms with E-state index < -0.39 is 35.4 Å². The third-order valence-electron chi connectivity index (χ3n) is 14.5. The number of aryl methyl sites for hydroxylation is 2. The van der Waals surface area contributed by atoms with E-state index in [4.69, 9.17) is 23.4 Å². The van der Waals surface area contributed by atoms with Gasteiger partial charge in [-0.3, -0.25) is 4.79 Å². The van der Waals surface area contributed by atoms with E-state index in [2.05, 4.69) is 84.9 Å². The van der Waals surface area contributed by atoms with E-state index in [0.29, 0.717) is 66.5 Å². The van der Waals surface area contributed by atoms with Gasteiger partial charge in [-0.25, -0.2) is 9.59 Å². The molecular weight excluding hydrogens is 837 g/mol. The fourth-order valence-corrected chi connectivity index (χ4v) is 10.9. The van der Waals surface area contributed by atoms with Crippen molar-refractivity contribution in [2.45, 2.75) is 121 Å². The molecule has 1 aromatic heterocycles. The molecule has 1 saturated carbocycles. The van der Waals surface area contributed by atoms with Crippen LogP contribution in [0.2, 0.25) is 0 Å². The molecule has 6 aromatic rings. The molecule has 346 valence electrons. The van der Waals surface area contributed by atoms with Gasteiger partial charge in [-0.2, -0.15) is 0 Å². The Labute approximate surface area is 394 Å². The third-order valence-corrected chi connectivity index (χ3v) is 14.5. The number of hydrogen-bond acceptors (Lipinski definition) is 8. The molecule has 4 aliphatic rings. The first-order chi connectivity index (χ1) is 32.5. The van der Waals surface area contributed by atoms with Gasteiger partial charge in [0.1, 0.15) is 16.9 Å². The van der Waals surface area contributed by atoms with Crippen LogP contribution in [0.5, 0.6) is 5.75 Å². The molecule has 0 N–H and O–H groups in total. The minimum absolute atomic E-state index is 0.0357. The summed E-state index contributed by atoms with van der Waals surface area (Å²) in [4.78, 5) is 43.5. The second kappa shape index (κ2) is 20.3. The van der Waals surface area contributed by atoms with Gasteiger partial charge in [0, 0.05) is 36.5 Å². The van der Waals surface area contributed by atoms with E-state index in [1.54, 1.807) is 13.2 Å². The number of benzene rings is 5. The average Bonchev–Trinajstić information content (AvgIpc) is 3.32. The van der Waals surface area contributed by atoms with Crippen LogP contribution in [0.25, 0.3) is 11.0 Å². The molecule has 2 bridgehead atoms. The van der Waals surface area contributed by atoms with Gasteiger partial charge in [-0.15, -0.1) is 0 Å². The quantitative estimate of drug-likeness (QED) is 0.0761. The highest BCUT2D eigenvalue weighted by Crippen LogP contribution is 2.50. The van der Waals surface area contributed by atoms with Gasteiger partial charge < -0.3 is 23.4 Å². The Morgan fingerprint density at radius 1 is 0.746 bits per heavy atom. The fourth-order valence-electron chi connectivity index (χ4n) is 10.9. The fraction of sp³-hybridized carbons (Fsp3) is 0.373. The summed E-state index contributed by atoms with van der Waals surface area (Å²) < 4.78 is 32.1. The summed E-state index contributed by atoms with van der Waals surface area (Å²) in [6, 6.07) is 44.1. The number of esters is 2. The van der Waals surface area contributed by atoms with E-state index in [0.717, 1.165) is 43.2 Å². The first-order valence-corrected chi connectivity index (χ1v) is 24.1. The number of hydrogen-bond donors (Lipinski definition) is 0. The topological polar surface area (TPSA) is 101 Å². The monoisotopic (exact) mass is 898 g/mol. The smallest absolute Gasteiger partial charge is 0.339 e. The van der Waals surface area contributed by atoms with Crippen LogP contribution < -0.4 is 10.4 Å². The molecule has 3 aliphatic heterocycles. The van der Waals surface area contributed by atoms with Gasteiger partial charge in [0.15, 0.2) is 12.2 Å². The largest absolute Gasteiger partial charge is 0.483 e. The molecule has 1 aliphatic carbocycles. The lowest BCUT2D eigenvalue weighted by Crippen LogP contribution is -2.54. The molecule has 0 spiro atoms. The Hall–Kier alpha value is -6.25. The van der Waals surface area contributed by atoms with Crippen LogP contribution in [0.4, 0.5) is 0 Å². The SMILES string of the molecule is COCCc1cc2ccc3c(c2oc1=O)C1OC(=O)CC2CC(c4cccc(Cc5ccccc5)c4)CCC2c2ccc(cc2)CCC(=C(C)C)C(=O)OC1C(C)(CCCc1ccccc1)O3. The van der Waals surface area contributed by atoms with E-state index in [1.165, 1.54) is 27.8 Å². The van der Waals surface area contributed by atoms with Gasteiger partial charge in [0.25, 0.3) is 0 Å². The minimum atomic E-state index is -1.14. The molecule has 5 aromatic carbocycles. The predicted octanol–water partition coefficient (Wildman–Crippen LogP) is 12.3. The summed E-state index contributed by atoms with van der Waals surface area (Å²) in [5.74, 6) is -0.102. The van der Waals surface area contributed by atoms with Gasteiger partial charge in [-0.1, -0.05) is 115 Å². The van der Waals surface area contributed by atoms with Crippen molar-refractivity contribution in [3.63, 3.8) is 0 Å². The average molecular weight is 899 g/mol. The molecule has 67 heavy (non-hydrogen) atoms. The predicted molar refractivity (Wildman–Crippen MR) is 261 cm³/mol. The van der Waals surface area contributed by atoms with Crippen molar-refractivity contribution in [2.24, 2.45) is 5.92 Å². The summed E-state index contributed by atoms with van der Waals surface area (Å²) in [6.45, 7) is 6.16. The Balaban J connectivity index is 1.12. The van der Waals surface area contributed by atoms with Crippen LogP contribution >= 0.6 is 0 Å². The van der Waals surface area contributed by atoms with Crippen molar-refractivity contribution < 1.29 is 33.0 Å². The van der Waals surface area contributed by atoms with E-state index in [1.807, 2.05) is 57.2 Å². The summed E-state index contributed by atoms with van der Waals surface area (Å²) in [6.07, 6.45) is 4.97. The Kier molecular flexibility index (Phi) is 13.9. The molecule has 6 atom stereocenters. The second-order valence-corrected chi connectivity index (χ2v) is 19.4. The van der Waals surface area contributed by atoms with E-state index in [9.17, 15) is 9.59 Å². The molecule has 8 heteroatoms. The number of ether oxygens (including phenoxy) is 4. The number of rotatable bonds is 10. The molecule has 10 rings (SSSR count). The van der Waals surface area contributed by atoms with Crippen LogP contribution in [-0.4, -0.2) is 37.4 Å².